The summed E-state index contributed by atoms with van der Waals surface area (Å²) in [5.41, 5.74) is 1.01. The second kappa shape index (κ2) is 3.08. The third-order valence-electron chi connectivity index (χ3n) is 2.96. The standard InChI is InChI=1S/C9H17NO3SSi/c1-7-9-8(15(2,3)4)5-6-13-14(11,12)10(7)9/h7H,5-6H2,1-4H3. The SMILES string of the molecule is CC1C2=C([Si](C)(C)C)CCOS(=O)(=O)N21. The molecule has 0 amide bonds. The average Bonchev–Trinajstić information content (AvgIpc) is 2.71. The van der Waals surface area contributed by atoms with Gasteiger partial charge < -0.3 is 0 Å². The summed E-state index contributed by atoms with van der Waals surface area (Å²) in [5, 5.41) is 1.34. The first-order valence-corrected chi connectivity index (χ1v) is 10.0. The van der Waals surface area contributed by atoms with Gasteiger partial charge in [-0.3, -0.25) is 4.18 Å². The molecule has 0 aliphatic carbocycles. The van der Waals surface area contributed by atoms with Crippen LogP contribution in [0.1, 0.15) is 13.3 Å². The maximum Gasteiger partial charge on any atom is 0.362 e. The zero-order valence-electron chi connectivity index (χ0n) is 9.57. The molecule has 1 saturated heterocycles. The van der Waals surface area contributed by atoms with Gasteiger partial charge in [-0.15, -0.1) is 0 Å². The Hall–Kier alpha value is -0.333. The molecule has 0 spiro atoms. The summed E-state index contributed by atoms with van der Waals surface area (Å²) in [7, 11) is -4.89. The lowest BCUT2D eigenvalue weighted by molar-refractivity contribution is 0.308. The molecular formula is C9H17NO3SSi. The number of hydrogen-bond acceptors (Lipinski definition) is 3. The molecule has 1 unspecified atom stereocenters. The second-order valence-corrected chi connectivity index (χ2v) is 11.7. The maximum absolute atomic E-state index is 11.6. The molecule has 0 aromatic heterocycles. The Labute approximate surface area is 92.2 Å². The van der Waals surface area contributed by atoms with Gasteiger partial charge in [0.25, 0.3) is 0 Å². The number of nitrogens with zero attached hydrogens (tertiary/aromatic N) is 1. The van der Waals surface area contributed by atoms with E-state index >= 15 is 0 Å². The minimum absolute atomic E-state index is 0.0250. The van der Waals surface area contributed by atoms with Crippen molar-refractivity contribution in [1.29, 1.82) is 0 Å². The number of fused-ring (bicyclic) bond motifs is 1. The predicted octanol–water partition coefficient (Wildman–Crippen LogP) is 1.49. The van der Waals surface area contributed by atoms with Crippen molar-refractivity contribution < 1.29 is 12.6 Å². The predicted molar refractivity (Wildman–Crippen MR) is 61.2 cm³/mol. The molecule has 0 aromatic carbocycles. The van der Waals surface area contributed by atoms with E-state index in [1.165, 1.54) is 9.50 Å². The summed E-state index contributed by atoms with van der Waals surface area (Å²) >= 11 is 0. The quantitative estimate of drug-likeness (QED) is 0.521. The monoisotopic (exact) mass is 247 g/mol. The smallest absolute Gasteiger partial charge is 0.253 e. The van der Waals surface area contributed by atoms with E-state index in [1.54, 1.807) is 0 Å². The van der Waals surface area contributed by atoms with Crippen LogP contribution in [-0.2, 0) is 14.5 Å². The van der Waals surface area contributed by atoms with Crippen LogP contribution in [0, 0.1) is 0 Å². The molecule has 1 fully saturated rings. The van der Waals surface area contributed by atoms with Gasteiger partial charge in [-0.05, 0) is 13.3 Å². The Morgan fingerprint density at radius 2 is 2.00 bits per heavy atom. The Morgan fingerprint density at radius 3 is 2.53 bits per heavy atom. The van der Waals surface area contributed by atoms with Crippen LogP contribution >= 0.6 is 0 Å². The summed E-state index contributed by atoms with van der Waals surface area (Å²) < 4.78 is 29.6. The minimum atomic E-state index is -3.47. The van der Waals surface area contributed by atoms with Gasteiger partial charge in [0.2, 0.25) is 0 Å². The van der Waals surface area contributed by atoms with Gasteiger partial charge in [-0.1, -0.05) is 24.8 Å². The molecule has 2 aliphatic heterocycles. The van der Waals surface area contributed by atoms with Gasteiger partial charge >= 0.3 is 10.3 Å². The van der Waals surface area contributed by atoms with Crippen molar-refractivity contribution in [1.82, 2.24) is 4.31 Å². The molecule has 0 bridgehead atoms. The summed E-state index contributed by atoms with van der Waals surface area (Å²) in [6.07, 6.45) is 0.769. The highest BCUT2D eigenvalue weighted by atomic mass is 32.2. The van der Waals surface area contributed by atoms with E-state index in [4.69, 9.17) is 4.18 Å². The van der Waals surface area contributed by atoms with E-state index in [0.717, 1.165) is 12.1 Å². The van der Waals surface area contributed by atoms with Gasteiger partial charge in [0.15, 0.2) is 0 Å². The van der Waals surface area contributed by atoms with Crippen molar-refractivity contribution in [2.75, 3.05) is 6.61 Å². The molecule has 6 heteroatoms. The lowest BCUT2D eigenvalue weighted by atomic mass is 10.3. The molecule has 4 nitrogen and oxygen atoms in total. The van der Waals surface area contributed by atoms with Gasteiger partial charge in [0.05, 0.1) is 26.4 Å². The van der Waals surface area contributed by atoms with Crippen molar-refractivity contribution in [3.05, 3.63) is 10.9 Å². The zero-order valence-corrected chi connectivity index (χ0v) is 11.4. The molecule has 0 radical (unpaired) electrons. The van der Waals surface area contributed by atoms with Crippen molar-refractivity contribution >= 4 is 18.4 Å². The third-order valence-corrected chi connectivity index (χ3v) is 6.73. The van der Waals surface area contributed by atoms with Crippen LogP contribution in [0.5, 0.6) is 0 Å². The summed E-state index contributed by atoms with van der Waals surface area (Å²) in [6.45, 7) is 8.96. The van der Waals surface area contributed by atoms with Gasteiger partial charge in [-0.2, -0.15) is 8.42 Å². The summed E-state index contributed by atoms with van der Waals surface area (Å²) in [6, 6.07) is 0.0250. The van der Waals surface area contributed by atoms with Crippen molar-refractivity contribution in [3.63, 3.8) is 0 Å². The van der Waals surface area contributed by atoms with E-state index < -0.39 is 18.4 Å². The number of hydrogen-bond donors (Lipinski definition) is 0. The summed E-state index contributed by atoms with van der Waals surface area (Å²) in [5.74, 6) is 0. The van der Waals surface area contributed by atoms with Crippen LogP contribution in [-0.4, -0.2) is 33.4 Å². The second-order valence-electron chi connectivity index (χ2n) is 5.12. The highest BCUT2D eigenvalue weighted by Crippen LogP contribution is 2.44. The van der Waals surface area contributed by atoms with Crippen LogP contribution in [0.2, 0.25) is 19.6 Å². The molecule has 86 valence electrons. The van der Waals surface area contributed by atoms with E-state index in [-0.39, 0.29) is 6.04 Å². The third kappa shape index (κ3) is 1.74. The normalized spacial score (nSPS) is 29.9. The fourth-order valence-corrected chi connectivity index (χ4v) is 5.55. The highest BCUT2D eigenvalue weighted by molar-refractivity contribution is 7.84. The van der Waals surface area contributed by atoms with E-state index in [1.807, 2.05) is 6.92 Å². The molecule has 0 saturated carbocycles. The maximum atomic E-state index is 11.6. The molecule has 2 rings (SSSR count). The van der Waals surface area contributed by atoms with Crippen molar-refractivity contribution in [2.24, 2.45) is 0 Å². The Morgan fingerprint density at radius 1 is 1.40 bits per heavy atom. The molecule has 2 aliphatic rings. The Kier molecular flexibility index (Phi) is 2.29. The zero-order chi connectivity index (χ0) is 11.4. The molecule has 2 heterocycles. The largest absolute Gasteiger partial charge is 0.362 e. The van der Waals surface area contributed by atoms with Gasteiger partial charge in [-0.25, -0.2) is 4.31 Å². The minimum Gasteiger partial charge on any atom is -0.253 e. The molecule has 0 aromatic rings. The van der Waals surface area contributed by atoms with Crippen LogP contribution in [0.3, 0.4) is 0 Å². The lowest BCUT2D eigenvalue weighted by Crippen LogP contribution is -2.25. The fourth-order valence-electron chi connectivity index (χ4n) is 2.17. The van der Waals surface area contributed by atoms with Crippen LogP contribution in [0.4, 0.5) is 0 Å². The van der Waals surface area contributed by atoms with E-state index in [0.29, 0.717) is 6.61 Å². The fraction of sp³-hybridized carbons (Fsp3) is 0.778. The highest BCUT2D eigenvalue weighted by Gasteiger charge is 2.51. The lowest BCUT2D eigenvalue weighted by Gasteiger charge is -2.19. The van der Waals surface area contributed by atoms with Gasteiger partial charge in [0, 0.05) is 0 Å². The molecular weight excluding hydrogens is 230 g/mol. The van der Waals surface area contributed by atoms with E-state index in [2.05, 4.69) is 19.6 Å². The van der Waals surface area contributed by atoms with Crippen molar-refractivity contribution in [2.45, 2.75) is 39.0 Å². The first-order chi connectivity index (χ1) is 6.75. The Bertz CT molecular complexity index is 421. The van der Waals surface area contributed by atoms with Crippen molar-refractivity contribution in [3.8, 4) is 0 Å². The first-order valence-electron chi connectivity index (χ1n) is 5.17. The van der Waals surface area contributed by atoms with Gasteiger partial charge in [0.1, 0.15) is 0 Å². The summed E-state index contributed by atoms with van der Waals surface area (Å²) in [4.78, 5) is 0. The number of rotatable bonds is 1. The first kappa shape index (κ1) is 11.2. The van der Waals surface area contributed by atoms with E-state index in [9.17, 15) is 8.42 Å². The molecule has 1 atom stereocenters. The molecule has 15 heavy (non-hydrogen) atoms. The van der Waals surface area contributed by atoms with Crippen LogP contribution < -0.4 is 0 Å². The van der Waals surface area contributed by atoms with Crippen LogP contribution in [0.15, 0.2) is 10.9 Å². The molecule has 0 N–H and O–H groups in total. The topological polar surface area (TPSA) is 46.4 Å². The Balaban J connectivity index is 2.47. The van der Waals surface area contributed by atoms with Crippen LogP contribution in [0.25, 0.3) is 0 Å². The average molecular weight is 247 g/mol.